The molecule has 0 aliphatic rings. The quantitative estimate of drug-likeness (QED) is 0.483. The smallest absolute Gasteiger partial charge is 0.256 e. The molecule has 0 radical (unpaired) electrons. The van der Waals surface area contributed by atoms with Gasteiger partial charge in [-0.05, 0) is 50.2 Å². The summed E-state index contributed by atoms with van der Waals surface area (Å²) in [5, 5.41) is 21.0. The average Bonchev–Trinajstić information content (AvgIpc) is 3.30. The van der Waals surface area contributed by atoms with Crippen LogP contribution in [0.1, 0.15) is 40.6 Å². The highest BCUT2D eigenvalue weighted by Gasteiger charge is 2.14. The summed E-state index contributed by atoms with van der Waals surface area (Å²) < 4.78 is 1.90. The van der Waals surface area contributed by atoms with E-state index in [1.807, 2.05) is 18.4 Å². The van der Waals surface area contributed by atoms with Gasteiger partial charge in [0.15, 0.2) is 5.82 Å². The van der Waals surface area contributed by atoms with E-state index in [-0.39, 0.29) is 17.9 Å². The van der Waals surface area contributed by atoms with Crippen LogP contribution in [-0.2, 0) is 0 Å². The van der Waals surface area contributed by atoms with Gasteiger partial charge >= 0.3 is 0 Å². The molecular weight excluding hydrogens is 408 g/mol. The van der Waals surface area contributed by atoms with E-state index in [0.717, 1.165) is 0 Å². The Kier molecular flexibility index (Phi) is 5.93. The fraction of sp³-hybridized carbons (Fsp3) is 0.136. The second kappa shape index (κ2) is 9.13. The maximum atomic E-state index is 12.8. The van der Waals surface area contributed by atoms with Crippen LogP contribution in [0.5, 0.6) is 0 Å². The van der Waals surface area contributed by atoms with Crippen molar-refractivity contribution in [2.24, 2.45) is 0 Å². The van der Waals surface area contributed by atoms with Gasteiger partial charge in [0, 0.05) is 17.2 Å². The van der Waals surface area contributed by atoms with E-state index in [9.17, 15) is 9.59 Å². The molecule has 0 spiro atoms. The van der Waals surface area contributed by atoms with Gasteiger partial charge in [0.1, 0.15) is 17.8 Å². The lowest BCUT2D eigenvalue weighted by atomic mass is 10.1. The number of amides is 2. The summed E-state index contributed by atoms with van der Waals surface area (Å²) in [6.45, 7) is 4.04. The van der Waals surface area contributed by atoms with E-state index >= 15 is 0 Å². The van der Waals surface area contributed by atoms with Gasteiger partial charge < -0.3 is 15.2 Å². The summed E-state index contributed by atoms with van der Waals surface area (Å²) in [5.74, 6) is 0.227. The number of carbonyl (C=O) groups excluding carboxylic acids is 2. The topological polar surface area (TPSA) is 128 Å². The molecule has 3 heterocycles. The Morgan fingerprint density at radius 3 is 2.38 bits per heavy atom. The Bertz CT molecular complexity index is 1250. The minimum absolute atomic E-state index is 0.164. The van der Waals surface area contributed by atoms with Crippen LogP contribution in [0.25, 0.3) is 11.5 Å². The molecule has 160 valence electrons. The van der Waals surface area contributed by atoms with Crippen molar-refractivity contribution in [2.45, 2.75) is 19.9 Å². The molecule has 1 aromatic carbocycles. The van der Waals surface area contributed by atoms with E-state index < -0.39 is 0 Å². The number of benzene rings is 1. The van der Waals surface area contributed by atoms with Crippen LogP contribution in [-0.4, -0.2) is 41.8 Å². The van der Waals surface area contributed by atoms with Gasteiger partial charge in [-0.3, -0.25) is 9.59 Å². The number of pyridine rings is 1. The Balaban J connectivity index is 1.50. The number of nitrogens with zero attached hydrogens (tertiary/aromatic N) is 6. The number of rotatable bonds is 6. The van der Waals surface area contributed by atoms with Crippen LogP contribution in [0, 0.1) is 0 Å². The highest BCUT2D eigenvalue weighted by Crippen LogP contribution is 2.20. The molecule has 10 heteroatoms. The van der Waals surface area contributed by atoms with Gasteiger partial charge in [-0.25, -0.2) is 4.98 Å². The maximum Gasteiger partial charge on any atom is 0.256 e. The van der Waals surface area contributed by atoms with Gasteiger partial charge in [0.05, 0.1) is 18.1 Å². The lowest BCUT2D eigenvalue weighted by Gasteiger charge is -2.11. The normalized spacial score (nSPS) is 10.7. The van der Waals surface area contributed by atoms with Crippen molar-refractivity contribution in [3.63, 3.8) is 0 Å². The summed E-state index contributed by atoms with van der Waals surface area (Å²) in [7, 11) is 0. The fourth-order valence-electron chi connectivity index (χ4n) is 2.99. The van der Waals surface area contributed by atoms with E-state index in [1.54, 1.807) is 48.8 Å². The van der Waals surface area contributed by atoms with Crippen molar-refractivity contribution in [3.05, 3.63) is 78.4 Å². The first-order valence-corrected chi connectivity index (χ1v) is 9.87. The molecular formula is C22H20N8O2. The zero-order valence-corrected chi connectivity index (χ0v) is 17.4. The second-order valence-corrected chi connectivity index (χ2v) is 7.18. The minimum atomic E-state index is -0.389. The zero-order valence-electron chi connectivity index (χ0n) is 17.4. The van der Waals surface area contributed by atoms with Crippen LogP contribution in [0.2, 0.25) is 0 Å². The maximum absolute atomic E-state index is 12.8. The number of carbonyl (C=O) groups is 2. The third-order valence-corrected chi connectivity index (χ3v) is 4.58. The zero-order chi connectivity index (χ0) is 22.5. The molecule has 2 amide bonds. The van der Waals surface area contributed by atoms with Crippen molar-refractivity contribution < 1.29 is 9.59 Å². The van der Waals surface area contributed by atoms with E-state index in [4.69, 9.17) is 0 Å². The predicted molar refractivity (Wildman–Crippen MR) is 118 cm³/mol. The van der Waals surface area contributed by atoms with Gasteiger partial charge in [-0.2, -0.15) is 10.2 Å². The molecule has 0 bridgehead atoms. The lowest BCUT2D eigenvalue weighted by Crippen LogP contribution is -2.16. The number of nitrogens with one attached hydrogen (secondary N) is 2. The largest absolute Gasteiger partial charge is 0.320 e. The SMILES string of the molecule is CC(C)n1cnnc1-c1cccc(NC(=O)c2cccc(C(=O)Nc3ccnnc3)c2)n1. The monoisotopic (exact) mass is 428 g/mol. The van der Waals surface area contributed by atoms with Crippen molar-refractivity contribution in [3.8, 4) is 11.5 Å². The molecule has 2 N–H and O–H groups in total. The molecule has 0 fully saturated rings. The highest BCUT2D eigenvalue weighted by atomic mass is 16.2. The lowest BCUT2D eigenvalue weighted by molar-refractivity contribution is 0.102. The van der Waals surface area contributed by atoms with Gasteiger partial charge in [0.2, 0.25) is 0 Å². The van der Waals surface area contributed by atoms with Gasteiger partial charge in [0.25, 0.3) is 11.8 Å². The number of aromatic nitrogens is 6. The van der Waals surface area contributed by atoms with E-state index in [1.165, 1.54) is 18.5 Å². The summed E-state index contributed by atoms with van der Waals surface area (Å²) >= 11 is 0. The van der Waals surface area contributed by atoms with Crippen LogP contribution < -0.4 is 10.6 Å². The molecule has 4 rings (SSSR count). The number of anilines is 2. The first-order valence-electron chi connectivity index (χ1n) is 9.87. The third kappa shape index (κ3) is 4.64. The van der Waals surface area contributed by atoms with Crippen LogP contribution in [0.3, 0.4) is 0 Å². The Morgan fingerprint density at radius 1 is 0.906 bits per heavy atom. The third-order valence-electron chi connectivity index (χ3n) is 4.58. The van der Waals surface area contributed by atoms with Crippen LogP contribution in [0.4, 0.5) is 11.5 Å². The van der Waals surface area contributed by atoms with Crippen LogP contribution in [0.15, 0.2) is 67.3 Å². The van der Waals surface area contributed by atoms with E-state index in [2.05, 4.69) is 36.0 Å². The molecule has 0 aliphatic heterocycles. The van der Waals surface area contributed by atoms with Crippen LogP contribution >= 0.6 is 0 Å². The Hall–Kier alpha value is -4.47. The van der Waals surface area contributed by atoms with E-state index in [0.29, 0.717) is 34.2 Å². The van der Waals surface area contributed by atoms with Crippen molar-refractivity contribution in [1.29, 1.82) is 0 Å². The molecule has 0 unspecified atom stereocenters. The highest BCUT2D eigenvalue weighted by molar-refractivity contribution is 6.08. The molecule has 32 heavy (non-hydrogen) atoms. The molecule has 3 aromatic heterocycles. The number of hydrogen-bond acceptors (Lipinski definition) is 7. The molecule has 10 nitrogen and oxygen atoms in total. The standard InChI is InChI=1S/C22H20N8O2/c1-14(2)30-13-25-29-20(30)18-7-4-8-19(27-18)28-22(32)16-6-3-5-15(11-16)21(31)26-17-9-10-23-24-12-17/h3-14H,1-2H3,(H,23,26,31)(H,27,28,32). The average molecular weight is 428 g/mol. The predicted octanol–water partition coefficient (Wildman–Crippen LogP) is 3.22. The van der Waals surface area contributed by atoms with Crippen molar-refractivity contribution in [2.75, 3.05) is 10.6 Å². The molecule has 4 aromatic rings. The number of hydrogen-bond donors (Lipinski definition) is 2. The van der Waals surface area contributed by atoms with Gasteiger partial charge in [-0.15, -0.1) is 10.2 Å². The van der Waals surface area contributed by atoms with Gasteiger partial charge in [-0.1, -0.05) is 12.1 Å². The summed E-state index contributed by atoms with van der Waals surface area (Å²) in [5.41, 5.74) is 1.76. The fourth-order valence-corrected chi connectivity index (χ4v) is 2.99. The first kappa shape index (κ1) is 20.8. The summed E-state index contributed by atoms with van der Waals surface area (Å²) in [6.07, 6.45) is 4.56. The molecule has 0 saturated heterocycles. The summed E-state index contributed by atoms with van der Waals surface area (Å²) in [6, 6.07) is 13.5. The molecule has 0 saturated carbocycles. The molecule has 0 atom stereocenters. The van der Waals surface area contributed by atoms with Crippen molar-refractivity contribution in [1.82, 2.24) is 29.9 Å². The van der Waals surface area contributed by atoms with Crippen molar-refractivity contribution >= 4 is 23.3 Å². The second-order valence-electron chi connectivity index (χ2n) is 7.18. The minimum Gasteiger partial charge on any atom is -0.320 e. The Morgan fingerprint density at radius 2 is 1.66 bits per heavy atom. The first-order chi connectivity index (χ1) is 15.5. The summed E-state index contributed by atoms with van der Waals surface area (Å²) in [4.78, 5) is 29.8. The molecule has 0 aliphatic carbocycles. The Labute approximate surface area is 183 Å².